The number of aliphatic hydroxyl groups excluding tert-OH is 1. The number of hydrogen-bond acceptors (Lipinski definition) is 2. The van der Waals surface area contributed by atoms with Gasteiger partial charge in [0.25, 0.3) is 0 Å². The van der Waals surface area contributed by atoms with Crippen molar-refractivity contribution < 1.29 is 9.68 Å². The van der Waals surface area contributed by atoms with E-state index in [0.717, 1.165) is 16.7 Å². The molecule has 0 saturated heterocycles. The van der Waals surface area contributed by atoms with Crippen LogP contribution in [0.3, 0.4) is 0 Å². The fourth-order valence-electron chi connectivity index (χ4n) is 3.86. The number of allylic oxidation sites excluding steroid dienone is 5. The van der Waals surface area contributed by atoms with Gasteiger partial charge >= 0.3 is 0 Å². The minimum absolute atomic E-state index is 0.124. The molecule has 1 unspecified atom stereocenters. The van der Waals surface area contributed by atoms with Gasteiger partial charge in [-0.2, -0.15) is 0 Å². The standard InChI is InChI=1S/C22H29N2O.C2H6/c1-14(25)21-17-10-8-15(23(4)5)12-19(17)22(2,3)20-13-16(24(6)7)9-11-18(20)21;1-2/h8-14,25H,1-7H3;1-2H3/q+1;. The Labute approximate surface area is 165 Å². The van der Waals surface area contributed by atoms with Crippen molar-refractivity contribution in [2.45, 2.75) is 46.1 Å². The van der Waals surface area contributed by atoms with Crippen LogP contribution in [0.25, 0.3) is 5.57 Å². The molecule has 0 radical (unpaired) electrons. The average molecular weight is 368 g/mol. The molecule has 3 heteroatoms. The molecule has 2 aliphatic carbocycles. The van der Waals surface area contributed by atoms with Crippen LogP contribution >= 0.6 is 0 Å². The second-order valence-corrected chi connectivity index (χ2v) is 7.96. The average Bonchev–Trinajstić information content (AvgIpc) is 2.62. The first-order chi connectivity index (χ1) is 12.6. The molecule has 3 rings (SSSR count). The summed E-state index contributed by atoms with van der Waals surface area (Å²) in [5.74, 6) is 0. The normalized spacial score (nSPS) is 18.0. The second-order valence-electron chi connectivity index (χ2n) is 7.96. The van der Waals surface area contributed by atoms with Gasteiger partial charge in [-0.3, -0.25) is 0 Å². The highest BCUT2D eigenvalue weighted by Crippen LogP contribution is 2.49. The van der Waals surface area contributed by atoms with E-state index in [4.69, 9.17) is 0 Å². The second kappa shape index (κ2) is 7.85. The fraction of sp³-hybridized carbons (Fsp3) is 0.458. The third kappa shape index (κ3) is 3.66. The van der Waals surface area contributed by atoms with Crippen LogP contribution in [-0.2, 0) is 5.41 Å². The lowest BCUT2D eigenvalue weighted by atomic mass is 9.64. The molecule has 0 aliphatic heterocycles. The molecular weight excluding hydrogens is 332 g/mol. The number of rotatable bonds is 2. The molecule has 3 nitrogen and oxygen atoms in total. The smallest absolute Gasteiger partial charge is 0.199 e. The number of fused-ring (bicyclic) bond motifs is 2. The van der Waals surface area contributed by atoms with E-state index in [1.165, 1.54) is 22.5 Å². The van der Waals surface area contributed by atoms with Crippen LogP contribution < -0.4 is 4.90 Å². The van der Waals surface area contributed by atoms with E-state index in [-0.39, 0.29) is 5.41 Å². The fourth-order valence-corrected chi connectivity index (χ4v) is 3.86. The molecule has 1 atom stereocenters. The maximum absolute atomic E-state index is 10.5. The summed E-state index contributed by atoms with van der Waals surface area (Å²) in [5.41, 5.74) is 8.15. The molecule has 0 aromatic heterocycles. The Morgan fingerprint density at radius 2 is 1.70 bits per heavy atom. The van der Waals surface area contributed by atoms with Crippen molar-refractivity contribution in [3.8, 4) is 0 Å². The Hall–Kier alpha value is -2.13. The molecule has 27 heavy (non-hydrogen) atoms. The molecule has 0 saturated carbocycles. The zero-order valence-electron chi connectivity index (χ0n) is 18.4. The minimum Gasteiger partial charge on any atom is -0.389 e. The third-order valence-electron chi connectivity index (χ3n) is 5.38. The molecule has 0 fully saturated rings. The van der Waals surface area contributed by atoms with Crippen molar-refractivity contribution in [1.29, 1.82) is 0 Å². The lowest BCUT2D eigenvalue weighted by Gasteiger charge is -2.40. The third-order valence-corrected chi connectivity index (χ3v) is 5.38. The van der Waals surface area contributed by atoms with Gasteiger partial charge in [0.05, 0.1) is 6.10 Å². The molecular formula is C24H35N2O+. The van der Waals surface area contributed by atoms with E-state index in [1.807, 2.05) is 20.8 Å². The predicted octanol–water partition coefficient (Wildman–Crippen LogP) is 4.41. The molecule has 0 spiro atoms. The van der Waals surface area contributed by atoms with E-state index < -0.39 is 6.10 Å². The Kier molecular flexibility index (Phi) is 6.16. The van der Waals surface area contributed by atoms with Crippen LogP contribution in [0.1, 0.15) is 45.7 Å². The first kappa shape index (κ1) is 21.2. The predicted molar refractivity (Wildman–Crippen MR) is 118 cm³/mol. The summed E-state index contributed by atoms with van der Waals surface area (Å²) in [6, 6.07) is 6.57. The summed E-state index contributed by atoms with van der Waals surface area (Å²) in [4.78, 5) is 2.13. The van der Waals surface area contributed by atoms with Gasteiger partial charge in [0.1, 0.15) is 14.1 Å². The molecule has 2 aliphatic rings. The van der Waals surface area contributed by atoms with Gasteiger partial charge in [-0.15, -0.1) is 0 Å². The SMILES string of the molecule is CC.CC(O)C1=C2C=CC(=[N+](C)C)C=C2C(C)(C)c2cc(N(C)C)ccc21. The molecule has 0 heterocycles. The summed E-state index contributed by atoms with van der Waals surface area (Å²) in [5, 5.41) is 10.5. The van der Waals surface area contributed by atoms with Gasteiger partial charge in [-0.05, 0) is 53.0 Å². The zero-order valence-corrected chi connectivity index (χ0v) is 18.4. The van der Waals surface area contributed by atoms with Gasteiger partial charge in [0, 0.05) is 37.3 Å². The van der Waals surface area contributed by atoms with Crippen LogP contribution in [0, 0.1) is 0 Å². The van der Waals surface area contributed by atoms with Crippen LogP contribution in [-0.4, -0.2) is 49.7 Å². The summed E-state index contributed by atoms with van der Waals surface area (Å²) >= 11 is 0. The van der Waals surface area contributed by atoms with Gasteiger partial charge in [-0.1, -0.05) is 33.8 Å². The largest absolute Gasteiger partial charge is 0.389 e. The van der Waals surface area contributed by atoms with Gasteiger partial charge in [-0.25, -0.2) is 4.58 Å². The topological polar surface area (TPSA) is 26.5 Å². The Bertz CT molecular complexity index is 845. The first-order valence-corrected chi connectivity index (χ1v) is 9.84. The quantitative estimate of drug-likeness (QED) is 0.784. The Morgan fingerprint density at radius 3 is 2.22 bits per heavy atom. The number of aliphatic hydroxyl groups is 1. The van der Waals surface area contributed by atoms with Crippen molar-refractivity contribution in [1.82, 2.24) is 0 Å². The van der Waals surface area contributed by atoms with Crippen LogP contribution in [0.5, 0.6) is 0 Å². The van der Waals surface area contributed by atoms with Crippen LogP contribution in [0.15, 0.2) is 47.6 Å². The lowest BCUT2D eigenvalue weighted by molar-refractivity contribution is -0.462. The highest BCUT2D eigenvalue weighted by molar-refractivity contribution is 6.05. The monoisotopic (exact) mass is 367 g/mol. The summed E-state index contributed by atoms with van der Waals surface area (Å²) in [6.45, 7) is 10.4. The summed E-state index contributed by atoms with van der Waals surface area (Å²) in [6.07, 6.45) is 6.06. The summed E-state index contributed by atoms with van der Waals surface area (Å²) in [7, 11) is 8.26. The Morgan fingerprint density at radius 1 is 1.07 bits per heavy atom. The van der Waals surface area contributed by atoms with Crippen LogP contribution in [0.4, 0.5) is 5.69 Å². The van der Waals surface area contributed by atoms with Gasteiger partial charge in [0.2, 0.25) is 0 Å². The van der Waals surface area contributed by atoms with Gasteiger partial charge < -0.3 is 10.0 Å². The number of anilines is 1. The lowest BCUT2D eigenvalue weighted by Crippen LogP contribution is -2.32. The maximum Gasteiger partial charge on any atom is 0.199 e. The molecule has 146 valence electrons. The highest BCUT2D eigenvalue weighted by atomic mass is 16.3. The number of benzene rings is 1. The van der Waals surface area contributed by atoms with E-state index in [1.54, 1.807) is 0 Å². The minimum atomic E-state index is -0.510. The molecule has 1 N–H and O–H groups in total. The molecule has 1 aromatic carbocycles. The first-order valence-electron chi connectivity index (χ1n) is 9.84. The van der Waals surface area contributed by atoms with E-state index in [2.05, 4.69) is 87.9 Å². The van der Waals surface area contributed by atoms with Crippen molar-refractivity contribution in [3.63, 3.8) is 0 Å². The van der Waals surface area contributed by atoms with E-state index in [9.17, 15) is 5.11 Å². The van der Waals surface area contributed by atoms with E-state index >= 15 is 0 Å². The Balaban J connectivity index is 0.00000126. The van der Waals surface area contributed by atoms with Gasteiger partial charge in [0.15, 0.2) is 5.71 Å². The highest BCUT2D eigenvalue weighted by Gasteiger charge is 2.39. The summed E-state index contributed by atoms with van der Waals surface area (Å²) < 4.78 is 2.13. The van der Waals surface area contributed by atoms with Crippen molar-refractivity contribution in [3.05, 3.63) is 58.7 Å². The van der Waals surface area contributed by atoms with Crippen LogP contribution in [0.2, 0.25) is 0 Å². The molecule has 0 amide bonds. The molecule has 0 bridgehead atoms. The van der Waals surface area contributed by atoms with Crippen molar-refractivity contribution >= 4 is 17.0 Å². The van der Waals surface area contributed by atoms with Crippen molar-refractivity contribution in [2.24, 2.45) is 0 Å². The number of nitrogens with zero attached hydrogens (tertiary/aromatic N) is 2. The maximum atomic E-state index is 10.5. The zero-order chi connectivity index (χ0) is 20.5. The number of hydrogen-bond donors (Lipinski definition) is 1. The molecule has 1 aromatic rings. The van der Waals surface area contributed by atoms with Crippen molar-refractivity contribution in [2.75, 3.05) is 33.1 Å². The van der Waals surface area contributed by atoms with E-state index in [0.29, 0.717) is 0 Å².